The van der Waals surface area contributed by atoms with Crippen LogP contribution in [-0.2, 0) is 4.79 Å². The molecule has 1 amide bonds. The molecule has 0 spiro atoms. The summed E-state index contributed by atoms with van der Waals surface area (Å²) < 4.78 is 0. The summed E-state index contributed by atoms with van der Waals surface area (Å²) in [6.07, 6.45) is 2.48. The second kappa shape index (κ2) is 4.76. The number of hydrogen-bond donors (Lipinski definition) is 0. The normalized spacial score (nSPS) is 10.0. The van der Waals surface area contributed by atoms with E-state index in [9.17, 15) is 14.6 Å². The zero-order chi connectivity index (χ0) is 10.4. The van der Waals surface area contributed by atoms with E-state index in [1.807, 2.05) is 0 Å². The average molecular weight is 190 g/mol. The van der Waals surface area contributed by atoms with Crippen molar-refractivity contribution in [3.63, 3.8) is 0 Å². The second-order valence-corrected chi connectivity index (χ2v) is 2.45. The molecule has 0 N–H and O–H groups in total. The van der Waals surface area contributed by atoms with Crippen LogP contribution < -0.4 is 0 Å². The Labute approximate surface area is 79.4 Å². The van der Waals surface area contributed by atoms with E-state index in [4.69, 9.17) is 0 Å². The smallest absolute Gasteiger partial charge is 0.264 e. The van der Waals surface area contributed by atoms with E-state index in [1.165, 1.54) is 18.2 Å². The van der Waals surface area contributed by atoms with E-state index in [-0.39, 0.29) is 0 Å². The third kappa shape index (κ3) is 2.71. The minimum atomic E-state index is -0.845. The molecule has 1 rings (SSSR count). The zero-order valence-corrected chi connectivity index (χ0v) is 7.08. The molecule has 5 heteroatoms. The molecule has 0 unspecified atom stereocenters. The molecule has 14 heavy (non-hydrogen) atoms. The maximum Gasteiger partial charge on any atom is 0.309 e. The van der Waals surface area contributed by atoms with Crippen molar-refractivity contribution in [3.05, 3.63) is 45.7 Å². The van der Waals surface area contributed by atoms with Gasteiger partial charge in [0.15, 0.2) is 0 Å². The van der Waals surface area contributed by atoms with Crippen molar-refractivity contribution in [1.29, 1.82) is 0 Å². The van der Waals surface area contributed by atoms with Crippen LogP contribution in [0.2, 0.25) is 0 Å². The number of nitroso groups, excluding NO2 is 2. The van der Waals surface area contributed by atoms with E-state index in [2.05, 4.69) is 10.4 Å². The van der Waals surface area contributed by atoms with Gasteiger partial charge in [0.1, 0.15) is 5.69 Å². The highest BCUT2D eigenvalue weighted by Gasteiger charge is 1.93. The first-order valence-electron chi connectivity index (χ1n) is 3.75. The molecule has 0 fully saturated rings. The summed E-state index contributed by atoms with van der Waals surface area (Å²) in [4.78, 5) is 30.2. The molecule has 0 radical (unpaired) electrons. The predicted octanol–water partition coefficient (Wildman–Crippen LogP) is 2.39. The fourth-order valence-electron chi connectivity index (χ4n) is 0.844. The van der Waals surface area contributed by atoms with Crippen molar-refractivity contribution < 1.29 is 4.79 Å². The largest absolute Gasteiger partial charge is 0.309 e. The first kappa shape index (κ1) is 9.91. The third-order valence-corrected chi connectivity index (χ3v) is 1.51. The summed E-state index contributed by atoms with van der Waals surface area (Å²) in [7, 11) is 0. The Kier molecular flexibility index (Phi) is 3.37. The van der Waals surface area contributed by atoms with Crippen LogP contribution in [0.4, 0.5) is 5.69 Å². The fraction of sp³-hybridized carbons (Fsp3) is 0. The molecule has 1 aromatic carbocycles. The van der Waals surface area contributed by atoms with Crippen LogP contribution in [0.3, 0.4) is 0 Å². The van der Waals surface area contributed by atoms with Gasteiger partial charge in [-0.3, -0.25) is 4.79 Å². The third-order valence-electron chi connectivity index (χ3n) is 1.51. The first-order chi connectivity index (χ1) is 6.76. The quantitative estimate of drug-likeness (QED) is 0.542. The molecular weight excluding hydrogens is 184 g/mol. The Balaban J connectivity index is 2.78. The van der Waals surface area contributed by atoms with Gasteiger partial charge in [0.2, 0.25) is 0 Å². The average Bonchev–Trinajstić information content (AvgIpc) is 2.26. The topological polar surface area (TPSA) is 75.9 Å². The van der Waals surface area contributed by atoms with Gasteiger partial charge in [-0.2, -0.15) is 0 Å². The minimum Gasteiger partial charge on any atom is -0.264 e. The zero-order valence-electron chi connectivity index (χ0n) is 7.08. The van der Waals surface area contributed by atoms with Gasteiger partial charge in [0.05, 0.1) is 0 Å². The van der Waals surface area contributed by atoms with E-state index in [1.54, 1.807) is 12.1 Å². The molecule has 0 saturated carbocycles. The molecular formula is C9H6N2O3. The molecule has 0 aliphatic rings. The monoisotopic (exact) mass is 190 g/mol. The standard InChI is InChI=1S/C9H6N2O3/c12-9(11-14)6-3-7-1-4-8(10-13)5-2-7/h1-6H/b6-3+. The molecule has 0 bridgehead atoms. The van der Waals surface area contributed by atoms with Gasteiger partial charge in [-0.05, 0) is 28.9 Å². The van der Waals surface area contributed by atoms with E-state index in [0.717, 1.165) is 6.08 Å². The van der Waals surface area contributed by atoms with E-state index < -0.39 is 5.91 Å². The number of nitrogens with zero attached hydrogens (tertiary/aromatic N) is 2. The van der Waals surface area contributed by atoms with Crippen molar-refractivity contribution in [2.45, 2.75) is 0 Å². The number of benzene rings is 1. The highest BCUT2D eigenvalue weighted by molar-refractivity contribution is 5.92. The van der Waals surface area contributed by atoms with Crippen molar-refractivity contribution in [2.24, 2.45) is 10.4 Å². The molecule has 0 heterocycles. The van der Waals surface area contributed by atoms with Gasteiger partial charge in [0.25, 0.3) is 0 Å². The Morgan fingerprint density at radius 2 is 1.79 bits per heavy atom. The number of carbonyl (C=O) groups is 1. The van der Waals surface area contributed by atoms with E-state index >= 15 is 0 Å². The Hall–Kier alpha value is -2.17. The number of amides is 1. The van der Waals surface area contributed by atoms with Gasteiger partial charge in [0, 0.05) is 11.3 Å². The van der Waals surface area contributed by atoms with Crippen LogP contribution in [0.15, 0.2) is 40.7 Å². The lowest BCUT2D eigenvalue weighted by Crippen LogP contribution is -1.82. The molecule has 0 saturated heterocycles. The molecule has 5 nitrogen and oxygen atoms in total. The van der Waals surface area contributed by atoms with Gasteiger partial charge in [-0.1, -0.05) is 12.1 Å². The molecule has 0 aliphatic carbocycles. The highest BCUT2D eigenvalue weighted by atomic mass is 16.3. The van der Waals surface area contributed by atoms with Gasteiger partial charge < -0.3 is 0 Å². The Morgan fingerprint density at radius 3 is 2.29 bits per heavy atom. The van der Waals surface area contributed by atoms with Crippen molar-refractivity contribution in [1.82, 2.24) is 0 Å². The number of rotatable bonds is 3. The van der Waals surface area contributed by atoms with Crippen LogP contribution in [0.5, 0.6) is 0 Å². The highest BCUT2D eigenvalue weighted by Crippen LogP contribution is 2.12. The maximum atomic E-state index is 10.5. The summed E-state index contributed by atoms with van der Waals surface area (Å²) in [5.41, 5.74) is 0.997. The fourth-order valence-corrected chi connectivity index (χ4v) is 0.844. The van der Waals surface area contributed by atoms with Crippen LogP contribution in [0, 0.1) is 9.81 Å². The van der Waals surface area contributed by atoms with Crippen molar-refractivity contribution in [3.8, 4) is 0 Å². The SMILES string of the molecule is O=NC(=O)/C=C/c1ccc(N=O)cc1. The van der Waals surface area contributed by atoms with Gasteiger partial charge in [-0.25, -0.2) is 0 Å². The van der Waals surface area contributed by atoms with Gasteiger partial charge in [-0.15, -0.1) is 9.81 Å². The summed E-state index contributed by atoms with van der Waals surface area (Å²) in [6.45, 7) is 0. The second-order valence-electron chi connectivity index (χ2n) is 2.45. The minimum absolute atomic E-state index is 0.307. The maximum absolute atomic E-state index is 10.5. The molecule has 0 atom stereocenters. The molecule has 0 aromatic heterocycles. The lowest BCUT2D eigenvalue weighted by atomic mass is 10.2. The molecule has 1 aromatic rings. The van der Waals surface area contributed by atoms with Crippen molar-refractivity contribution in [2.75, 3.05) is 0 Å². The predicted molar refractivity (Wildman–Crippen MR) is 51.7 cm³/mol. The van der Waals surface area contributed by atoms with Gasteiger partial charge >= 0.3 is 5.91 Å². The van der Waals surface area contributed by atoms with Crippen LogP contribution >= 0.6 is 0 Å². The van der Waals surface area contributed by atoms with Crippen molar-refractivity contribution >= 4 is 17.7 Å². The molecule has 0 aliphatic heterocycles. The lowest BCUT2D eigenvalue weighted by Gasteiger charge is -1.91. The lowest BCUT2D eigenvalue weighted by molar-refractivity contribution is -0.113. The summed E-state index contributed by atoms with van der Waals surface area (Å²) in [5.74, 6) is -0.845. The summed E-state index contributed by atoms with van der Waals surface area (Å²) >= 11 is 0. The summed E-state index contributed by atoms with van der Waals surface area (Å²) in [5, 5.41) is 4.91. The molecule has 70 valence electrons. The summed E-state index contributed by atoms with van der Waals surface area (Å²) in [6, 6.07) is 6.22. The Bertz CT molecular complexity index is 382. The van der Waals surface area contributed by atoms with Crippen LogP contribution in [0.1, 0.15) is 5.56 Å². The first-order valence-corrected chi connectivity index (χ1v) is 3.75. The van der Waals surface area contributed by atoms with E-state index in [0.29, 0.717) is 11.3 Å². The Morgan fingerprint density at radius 1 is 1.14 bits per heavy atom. The number of hydrogen-bond acceptors (Lipinski definition) is 4. The number of carbonyl (C=O) groups excluding carboxylic acids is 1. The van der Waals surface area contributed by atoms with Crippen LogP contribution in [0.25, 0.3) is 6.08 Å². The van der Waals surface area contributed by atoms with Crippen LogP contribution in [-0.4, -0.2) is 5.91 Å².